The zero-order chi connectivity index (χ0) is 23.4. The molecule has 9 nitrogen and oxygen atoms in total. The van der Waals surface area contributed by atoms with Gasteiger partial charge in [-0.15, -0.1) is 4.91 Å². The molecule has 2 N–H and O–H groups in total. The number of nitrogens with zero attached hydrogens (tertiary/aromatic N) is 2. The minimum atomic E-state index is -3.62. The smallest absolute Gasteiger partial charge is 0.322 e. The van der Waals surface area contributed by atoms with Gasteiger partial charge in [0.25, 0.3) is 0 Å². The molecule has 180 valence electrons. The van der Waals surface area contributed by atoms with Crippen molar-refractivity contribution in [2.45, 2.75) is 64.3 Å². The lowest BCUT2D eigenvalue weighted by Crippen LogP contribution is -2.43. The summed E-state index contributed by atoms with van der Waals surface area (Å²) in [5.74, 6) is 0.0803. The van der Waals surface area contributed by atoms with E-state index >= 15 is 0 Å². The average Bonchev–Trinajstić information content (AvgIpc) is 2.78. The second-order valence-electron chi connectivity index (χ2n) is 8.35. The number of rotatable bonds is 15. The van der Waals surface area contributed by atoms with Crippen LogP contribution in [0.5, 0.6) is 5.75 Å². The van der Waals surface area contributed by atoms with Crippen LogP contribution in [-0.4, -0.2) is 56.0 Å². The number of ether oxygens (including phenoxy) is 1. The summed E-state index contributed by atoms with van der Waals surface area (Å²) < 4.78 is 32.1. The van der Waals surface area contributed by atoms with Gasteiger partial charge in [-0.25, -0.2) is 13.1 Å². The summed E-state index contributed by atoms with van der Waals surface area (Å²) in [6.45, 7) is 3.98. The third-order valence-corrected chi connectivity index (χ3v) is 7.20. The summed E-state index contributed by atoms with van der Waals surface area (Å²) in [5.41, 5.74) is 0.721. The number of nitroso groups, excluding NO2 is 1. The number of aliphatic carboxylic acids is 1. The highest BCUT2D eigenvalue weighted by molar-refractivity contribution is 7.89. The molecule has 0 spiro atoms. The summed E-state index contributed by atoms with van der Waals surface area (Å²) in [7, 11) is -3.62. The first-order valence-electron chi connectivity index (χ1n) is 11.4. The molecule has 32 heavy (non-hydrogen) atoms. The Balaban J connectivity index is 1.71. The van der Waals surface area contributed by atoms with Crippen molar-refractivity contribution in [1.82, 2.24) is 9.73 Å². The molecule has 1 aliphatic heterocycles. The number of piperidine rings is 1. The van der Waals surface area contributed by atoms with Crippen LogP contribution in [0.15, 0.2) is 29.6 Å². The molecule has 1 atom stereocenters. The summed E-state index contributed by atoms with van der Waals surface area (Å²) >= 11 is 0. The van der Waals surface area contributed by atoms with Gasteiger partial charge in [0, 0.05) is 13.1 Å². The maximum absolute atomic E-state index is 12.0. The number of unbranched alkanes of at least 4 members (excludes halogenated alkanes) is 2. The van der Waals surface area contributed by atoms with Crippen LogP contribution in [0.1, 0.15) is 57.4 Å². The summed E-state index contributed by atoms with van der Waals surface area (Å²) in [6, 6.07) is 5.89. The van der Waals surface area contributed by atoms with Gasteiger partial charge in [0.05, 0.1) is 17.6 Å². The quantitative estimate of drug-likeness (QED) is 0.298. The van der Waals surface area contributed by atoms with Crippen molar-refractivity contribution < 1.29 is 23.1 Å². The van der Waals surface area contributed by atoms with Crippen molar-refractivity contribution in [1.29, 1.82) is 0 Å². The number of carboxylic acids is 1. The van der Waals surface area contributed by atoms with E-state index in [0.717, 1.165) is 57.2 Å². The van der Waals surface area contributed by atoms with Crippen molar-refractivity contribution in [3.63, 3.8) is 0 Å². The number of hydrogen-bond donors (Lipinski definition) is 2. The molecule has 1 aliphatic rings. The van der Waals surface area contributed by atoms with Crippen LogP contribution in [0.2, 0.25) is 0 Å². The van der Waals surface area contributed by atoms with Crippen LogP contribution in [0.4, 0.5) is 0 Å². The van der Waals surface area contributed by atoms with Crippen LogP contribution in [0, 0.1) is 10.8 Å². The van der Waals surface area contributed by atoms with Gasteiger partial charge < -0.3 is 9.84 Å². The zero-order valence-corrected chi connectivity index (χ0v) is 19.6. The predicted molar refractivity (Wildman–Crippen MR) is 123 cm³/mol. The summed E-state index contributed by atoms with van der Waals surface area (Å²) in [4.78, 5) is 22.0. The molecule has 0 bridgehead atoms. The van der Waals surface area contributed by atoms with Crippen LogP contribution in [0.25, 0.3) is 0 Å². The van der Waals surface area contributed by atoms with Gasteiger partial charge in [0.1, 0.15) is 11.8 Å². The highest BCUT2D eigenvalue weighted by Crippen LogP contribution is 2.23. The molecule has 0 radical (unpaired) electrons. The Morgan fingerprint density at radius 3 is 2.50 bits per heavy atom. The molecule has 1 aromatic carbocycles. The molecule has 0 aliphatic carbocycles. The monoisotopic (exact) mass is 469 g/mol. The van der Waals surface area contributed by atoms with E-state index in [9.17, 15) is 23.2 Å². The number of nitrogens with one attached hydrogen (secondary N) is 1. The Morgan fingerprint density at radius 2 is 1.91 bits per heavy atom. The van der Waals surface area contributed by atoms with Crippen LogP contribution in [0.3, 0.4) is 0 Å². The van der Waals surface area contributed by atoms with E-state index in [-0.39, 0.29) is 12.2 Å². The Kier molecular flexibility index (Phi) is 10.9. The van der Waals surface area contributed by atoms with Gasteiger partial charge >= 0.3 is 5.97 Å². The van der Waals surface area contributed by atoms with Gasteiger partial charge in [-0.3, -0.25) is 9.80 Å². The Bertz CT molecular complexity index is 807. The first kappa shape index (κ1) is 26.1. The molecule has 2 rings (SSSR count). The van der Waals surface area contributed by atoms with Gasteiger partial charge in [-0.1, -0.05) is 31.9 Å². The Hall–Kier alpha value is -2.20. The standard InChI is InChI=1S/C22H35N3O6S/c1-2-3-16-32(29,30)23-21(22(26)27)17-19-7-9-20(10-8-19)31-15-5-4-6-18-11-13-25(24-28)14-12-18/h7-10,18,21,23H,2-6,11-17H2,1H3,(H,26,27)/t21-/m0/s1. The van der Waals surface area contributed by atoms with E-state index in [1.54, 1.807) is 29.3 Å². The molecule has 0 saturated carbocycles. The van der Waals surface area contributed by atoms with Crippen molar-refractivity contribution in [2.75, 3.05) is 25.4 Å². The Labute approximate surface area is 190 Å². The summed E-state index contributed by atoms with van der Waals surface area (Å²) in [6.07, 6.45) is 6.44. The van der Waals surface area contributed by atoms with E-state index in [1.165, 1.54) is 0 Å². The predicted octanol–water partition coefficient (Wildman–Crippen LogP) is 3.34. The minimum Gasteiger partial charge on any atom is -0.494 e. The molecule has 0 unspecified atom stereocenters. The van der Waals surface area contributed by atoms with Crippen molar-refractivity contribution in [3.05, 3.63) is 34.7 Å². The largest absolute Gasteiger partial charge is 0.494 e. The van der Waals surface area contributed by atoms with E-state index in [1.807, 2.05) is 6.92 Å². The van der Waals surface area contributed by atoms with E-state index < -0.39 is 22.0 Å². The fourth-order valence-corrected chi connectivity index (χ4v) is 5.17. The molecule has 1 heterocycles. The average molecular weight is 470 g/mol. The molecule has 1 fully saturated rings. The first-order chi connectivity index (χ1) is 15.3. The SMILES string of the molecule is CCCCS(=O)(=O)N[C@@H](Cc1ccc(OCCCCC2CCN(N=O)CC2)cc1)C(=O)O. The highest BCUT2D eigenvalue weighted by atomic mass is 32.2. The van der Waals surface area contributed by atoms with E-state index in [4.69, 9.17) is 4.74 Å². The summed E-state index contributed by atoms with van der Waals surface area (Å²) in [5, 5.41) is 14.0. The number of sulfonamides is 1. The molecule has 1 aromatic rings. The lowest BCUT2D eigenvalue weighted by molar-refractivity contribution is -0.138. The van der Waals surface area contributed by atoms with E-state index in [0.29, 0.717) is 24.7 Å². The van der Waals surface area contributed by atoms with Gasteiger partial charge in [0.2, 0.25) is 10.0 Å². The molecular formula is C22H35N3O6S. The highest BCUT2D eigenvalue weighted by Gasteiger charge is 2.24. The Morgan fingerprint density at radius 1 is 1.22 bits per heavy atom. The molecule has 0 aromatic heterocycles. The topological polar surface area (TPSA) is 125 Å². The molecular weight excluding hydrogens is 434 g/mol. The third kappa shape index (κ3) is 9.52. The van der Waals surface area contributed by atoms with Gasteiger partial charge in [0.15, 0.2) is 0 Å². The third-order valence-electron chi connectivity index (χ3n) is 5.73. The number of hydrogen-bond acceptors (Lipinski definition) is 6. The van der Waals surface area contributed by atoms with Crippen LogP contribution < -0.4 is 9.46 Å². The molecule has 0 amide bonds. The van der Waals surface area contributed by atoms with Gasteiger partial charge in [-0.2, -0.15) is 0 Å². The molecule has 1 saturated heterocycles. The van der Waals surface area contributed by atoms with Crippen LogP contribution in [-0.2, 0) is 21.2 Å². The van der Waals surface area contributed by atoms with Crippen LogP contribution >= 0.6 is 0 Å². The van der Waals surface area contributed by atoms with Gasteiger partial charge in [-0.05, 0) is 62.1 Å². The lowest BCUT2D eigenvalue weighted by atomic mass is 9.92. The van der Waals surface area contributed by atoms with Crippen molar-refractivity contribution in [3.8, 4) is 5.75 Å². The zero-order valence-electron chi connectivity index (χ0n) is 18.7. The second-order valence-corrected chi connectivity index (χ2v) is 10.2. The number of carbonyl (C=O) groups is 1. The number of carboxylic acid groups (broad SMARTS) is 1. The maximum atomic E-state index is 12.0. The minimum absolute atomic E-state index is 0.0689. The van der Waals surface area contributed by atoms with Crippen molar-refractivity contribution >= 4 is 16.0 Å². The van der Waals surface area contributed by atoms with E-state index in [2.05, 4.69) is 10.0 Å². The fraction of sp³-hybridized carbons (Fsp3) is 0.682. The normalized spacial score (nSPS) is 16.0. The first-order valence-corrected chi connectivity index (χ1v) is 13.0. The second kappa shape index (κ2) is 13.4. The maximum Gasteiger partial charge on any atom is 0.322 e. The fourth-order valence-electron chi connectivity index (χ4n) is 3.76. The molecule has 10 heteroatoms. The lowest BCUT2D eigenvalue weighted by Gasteiger charge is -2.27. The number of benzene rings is 1. The van der Waals surface area contributed by atoms with Crippen molar-refractivity contribution in [2.24, 2.45) is 11.2 Å².